The average Bonchev–Trinajstić information content (AvgIpc) is 3.30. The highest BCUT2D eigenvalue weighted by atomic mass is 35.5. The molecule has 0 saturated carbocycles. The van der Waals surface area contributed by atoms with E-state index in [-0.39, 0.29) is 17.4 Å². The van der Waals surface area contributed by atoms with E-state index in [0.29, 0.717) is 28.0 Å². The molecular weight excluding hydrogens is 494 g/mol. The van der Waals surface area contributed by atoms with Crippen LogP contribution in [0.25, 0.3) is 17.1 Å². The van der Waals surface area contributed by atoms with Gasteiger partial charge in [0, 0.05) is 21.8 Å². The van der Waals surface area contributed by atoms with Gasteiger partial charge in [-0.2, -0.15) is 5.10 Å². The van der Waals surface area contributed by atoms with Gasteiger partial charge in [-0.25, -0.2) is 5.43 Å². The van der Waals surface area contributed by atoms with E-state index in [1.165, 1.54) is 18.0 Å². The summed E-state index contributed by atoms with van der Waals surface area (Å²) in [5.41, 5.74) is 6.62. The summed E-state index contributed by atoms with van der Waals surface area (Å²) in [5.74, 6) is 0.526. The Morgan fingerprint density at radius 3 is 2.61 bits per heavy atom. The third kappa shape index (κ3) is 6.02. The Labute approximate surface area is 218 Å². The molecule has 9 heteroatoms. The van der Waals surface area contributed by atoms with Crippen LogP contribution in [0.15, 0.2) is 89.6 Å². The van der Waals surface area contributed by atoms with E-state index in [9.17, 15) is 9.90 Å². The van der Waals surface area contributed by atoms with Crippen molar-refractivity contribution < 1.29 is 9.90 Å². The van der Waals surface area contributed by atoms with Crippen molar-refractivity contribution in [3.63, 3.8) is 0 Å². The van der Waals surface area contributed by atoms with Crippen molar-refractivity contribution in [1.29, 1.82) is 0 Å². The Balaban J connectivity index is 1.49. The predicted molar refractivity (Wildman–Crippen MR) is 145 cm³/mol. The molecule has 4 rings (SSSR count). The molecule has 0 unspecified atom stereocenters. The lowest BCUT2D eigenvalue weighted by atomic mass is 10.1. The van der Waals surface area contributed by atoms with Gasteiger partial charge in [-0.1, -0.05) is 71.4 Å². The van der Waals surface area contributed by atoms with Gasteiger partial charge in [0.2, 0.25) is 0 Å². The van der Waals surface area contributed by atoms with Gasteiger partial charge in [-0.05, 0) is 49.2 Å². The zero-order chi connectivity index (χ0) is 25.5. The Morgan fingerprint density at radius 1 is 1.14 bits per heavy atom. The van der Waals surface area contributed by atoms with Crippen LogP contribution >= 0.6 is 23.4 Å². The van der Waals surface area contributed by atoms with Gasteiger partial charge in [0.1, 0.15) is 5.75 Å². The second-order valence-electron chi connectivity index (χ2n) is 7.91. The van der Waals surface area contributed by atoms with Gasteiger partial charge in [-0.15, -0.1) is 16.8 Å². The van der Waals surface area contributed by atoms with E-state index in [0.717, 1.165) is 22.4 Å². The van der Waals surface area contributed by atoms with Gasteiger partial charge in [0.25, 0.3) is 5.91 Å². The van der Waals surface area contributed by atoms with Crippen LogP contribution in [0, 0.1) is 6.92 Å². The predicted octanol–water partition coefficient (Wildman–Crippen LogP) is 5.57. The van der Waals surface area contributed by atoms with Crippen molar-refractivity contribution in [2.45, 2.75) is 18.5 Å². The molecule has 0 saturated heterocycles. The zero-order valence-corrected chi connectivity index (χ0v) is 21.1. The Bertz CT molecular complexity index is 1400. The number of carbonyl (C=O) groups is 1. The lowest BCUT2D eigenvalue weighted by Crippen LogP contribution is -2.20. The number of allylic oxidation sites excluding steroid dienone is 1. The SMILES string of the molecule is C=CCc1cccc(/C=N\NC(=O)CSc2nnc(-c3ccc(C)cc3)n2-c2ccc(Cl)cc2)c1O. The Morgan fingerprint density at radius 2 is 1.89 bits per heavy atom. The fourth-order valence-electron chi connectivity index (χ4n) is 3.45. The molecule has 0 spiro atoms. The second kappa shape index (κ2) is 11.7. The van der Waals surface area contributed by atoms with Crippen molar-refractivity contribution in [3.05, 3.63) is 101 Å². The van der Waals surface area contributed by atoms with Crippen molar-refractivity contribution in [1.82, 2.24) is 20.2 Å². The fraction of sp³-hybridized carbons (Fsp3) is 0.111. The molecule has 0 aliphatic rings. The monoisotopic (exact) mass is 517 g/mol. The molecule has 1 amide bonds. The molecule has 0 aliphatic heterocycles. The normalized spacial score (nSPS) is 11.1. The summed E-state index contributed by atoms with van der Waals surface area (Å²) in [6, 6.07) is 20.7. The van der Waals surface area contributed by atoms with Gasteiger partial charge in [-0.3, -0.25) is 9.36 Å². The molecule has 0 fully saturated rings. The van der Waals surface area contributed by atoms with E-state index < -0.39 is 0 Å². The lowest BCUT2D eigenvalue weighted by molar-refractivity contribution is -0.118. The van der Waals surface area contributed by atoms with Crippen LogP contribution in [0.1, 0.15) is 16.7 Å². The Kier molecular flexibility index (Phi) is 8.20. The van der Waals surface area contributed by atoms with E-state index in [1.54, 1.807) is 24.3 Å². The number of halogens is 1. The molecule has 7 nitrogen and oxygen atoms in total. The number of aromatic nitrogens is 3. The number of benzene rings is 3. The van der Waals surface area contributed by atoms with Crippen LogP contribution in [0.5, 0.6) is 5.75 Å². The molecule has 4 aromatic rings. The molecule has 182 valence electrons. The van der Waals surface area contributed by atoms with Gasteiger partial charge in [0.15, 0.2) is 11.0 Å². The minimum atomic E-state index is -0.319. The highest BCUT2D eigenvalue weighted by Gasteiger charge is 2.17. The standard InChI is InChI=1S/C27H24ClN5O2S/c1-3-5-19-6-4-7-21(25(19)35)16-29-30-24(34)17-36-27-32-31-26(20-10-8-18(2)9-11-20)33(27)23-14-12-22(28)13-15-23/h3-4,6-16,35H,1,5,17H2,2H3,(H,30,34)/b29-16-. The number of hydrogen-bond donors (Lipinski definition) is 2. The highest BCUT2D eigenvalue weighted by molar-refractivity contribution is 7.99. The van der Waals surface area contributed by atoms with E-state index in [1.807, 2.05) is 60.0 Å². The van der Waals surface area contributed by atoms with Gasteiger partial charge in [0.05, 0.1) is 12.0 Å². The second-order valence-corrected chi connectivity index (χ2v) is 9.29. The minimum Gasteiger partial charge on any atom is -0.507 e. The average molecular weight is 518 g/mol. The van der Waals surface area contributed by atoms with Crippen LogP contribution in [-0.2, 0) is 11.2 Å². The first-order chi connectivity index (χ1) is 17.5. The third-order valence-corrected chi connectivity index (χ3v) is 6.45. The summed E-state index contributed by atoms with van der Waals surface area (Å²) >= 11 is 7.33. The van der Waals surface area contributed by atoms with Crippen LogP contribution < -0.4 is 5.43 Å². The number of rotatable bonds is 9. The molecule has 0 radical (unpaired) electrons. The van der Waals surface area contributed by atoms with Crippen molar-refractivity contribution in [2.75, 3.05) is 5.75 Å². The smallest absolute Gasteiger partial charge is 0.250 e. The van der Waals surface area contributed by atoms with Crippen LogP contribution in [0.4, 0.5) is 0 Å². The lowest BCUT2D eigenvalue weighted by Gasteiger charge is -2.10. The molecule has 2 N–H and O–H groups in total. The minimum absolute atomic E-state index is 0.0689. The maximum absolute atomic E-state index is 12.5. The number of hydrogen-bond acceptors (Lipinski definition) is 6. The van der Waals surface area contributed by atoms with E-state index >= 15 is 0 Å². The zero-order valence-electron chi connectivity index (χ0n) is 19.6. The highest BCUT2D eigenvalue weighted by Crippen LogP contribution is 2.29. The number of hydrazone groups is 1. The summed E-state index contributed by atoms with van der Waals surface area (Å²) in [6.45, 7) is 5.71. The number of amides is 1. The van der Waals surface area contributed by atoms with Gasteiger partial charge < -0.3 is 5.11 Å². The third-order valence-electron chi connectivity index (χ3n) is 5.27. The molecule has 0 bridgehead atoms. The van der Waals surface area contributed by atoms with Gasteiger partial charge >= 0.3 is 0 Å². The molecule has 1 aromatic heterocycles. The van der Waals surface area contributed by atoms with Crippen LogP contribution in [0.2, 0.25) is 5.02 Å². The van der Waals surface area contributed by atoms with E-state index in [4.69, 9.17) is 11.6 Å². The quantitative estimate of drug-likeness (QED) is 0.131. The maximum atomic E-state index is 12.5. The first-order valence-electron chi connectivity index (χ1n) is 11.1. The Hall–Kier alpha value is -3.88. The summed E-state index contributed by atoms with van der Waals surface area (Å²) in [7, 11) is 0. The van der Waals surface area contributed by atoms with Crippen molar-refractivity contribution >= 4 is 35.5 Å². The summed E-state index contributed by atoms with van der Waals surface area (Å²) < 4.78 is 1.89. The summed E-state index contributed by atoms with van der Waals surface area (Å²) in [6.07, 6.45) is 3.66. The summed E-state index contributed by atoms with van der Waals surface area (Å²) in [5, 5.41) is 24.2. The topological polar surface area (TPSA) is 92.4 Å². The molecule has 3 aromatic carbocycles. The van der Waals surface area contributed by atoms with E-state index in [2.05, 4.69) is 27.3 Å². The first kappa shape index (κ1) is 25.2. The number of phenolic OH excluding ortho intramolecular Hbond substituents is 1. The maximum Gasteiger partial charge on any atom is 0.250 e. The number of carbonyl (C=O) groups excluding carboxylic acids is 1. The number of aromatic hydroxyl groups is 1. The number of aryl methyl sites for hydroxylation is 1. The van der Waals surface area contributed by atoms with Crippen molar-refractivity contribution in [3.8, 4) is 22.8 Å². The van der Waals surface area contributed by atoms with Crippen LogP contribution in [-0.4, -0.2) is 37.7 Å². The number of phenols is 1. The van der Waals surface area contributed by atoms with Crippen molar-refractivity contribution in [2.24, 2.45) is 5.10 Å². The number of nitrogens with zero attached hydrogens (tertiary/aromatic N) is 4. The first-order valence-corrected chi connectivity index (χ1v) is 12.5. The largest absolute Gasteiger partial charge is 0.507 e. The summed E-state index contributed by atoms with van der Waals surface area (Å²) in [4.78, 5) is 12.5. The fourth-order valence-corrected chi connectivity index (χ4v) is 4.32. The number of nitrogens with one attached hydrogen (secondary N) is 1. The molecular formula is C27H24ClN5O2S. The molecule has 0 aliphatic carbocycles. The van der Waals surface area contributed by atoms with Crippen LogP contribution in [0.3, 0.4) is 0 Å². The molecule has 1 heterocycles. The number of para-hydroxylation sites is 1. The molecule has 0 atom stereocenters. The number of thioether (sulfide) groups is 1. The molecule has 36 heavy (non-hydrogen) atoms.